The largest absolute Gasteiger partial charge is 0.344 e. The van der Waals surface area contributed by atoms with Crippen molar-refractivity contribution in [3.8, 4) is 6.07 Å². The Morgan fingerprint density at radius 2 is 2.00 bits per heavy atom. The first-order valence-electron chi connectivity index (χ1n) is 4.40. The lowest BCUT2D eigenvalue weighted by atomic mass is 10.0. The number of hydrogen-bond acceptors (Lipinski definition) is 3. The van der Waals surface area contributed by atoms with Crippen LogP contribution in [0.1, 0.15) is 20.8 Å². The molecule has 2 N–H and O–H groups in total. The van der Waals surface area contributed by atoms with Crippen molar-refractivity contribution >= 4 is 11.8 Å². The molecule has 14 heavy (non-hydrogen) atoms. The first-order chi connectivity index (χ1) is 6.49. The van der Waals surface area contributed by atoms with Gasteiger partial charge in [0.25, 0.3) is 0 Å². The summed E-state index contributed by atoms with van der Waals surface area (Å²) in [5, 5.41) is 13.2. The molecular formula is C9H15N3O2. The van der Waals surface area contributed by atoms with Gasteiger partial charge in [-0.3, -0.25) is 9.59 Å². The van der Waals surface area contributed by atoms with Gasteiger partial charge in [-0.2, -0.15) is 5.26 Å². The van der Waals surface area contributed by atoms with Crippen LogP contribution in [0.5, 0.6) is 0 Å². The van der Waals surface area contributed by atoms with Crippen LogP contribution in [0.4, 0.5) is 0 Å². The highest BCUT2D eigenvalue weighted by Crippen LogP contribution is 2.01. The third-order valence-electron chi connectivity index (χ3n) is 1.65. The molecule has 0 spiro atoms. The van der Waals surface area contributed by atoms with Crippen LogP contribution in [-0.4, -0.2) is 24.4 Å². The molecule has 0 heterocycles. The van der Waals surface area contributed by atoms with Crippen molar-refractivity contribution in [1.82, 2.24) is 10.6 Å². The summed E-state index contributed by atoms with van der Waals surface area (Å²) in [7, 11) is 0. The molecule has 5 heteroatoms. The summed E-state index contributed by atoms with van der Waals surface area (Å²) >= 11 is 0. The molecular weight excluding hydrogens is 182 g/mol. The van der Waals surface area contributed by atoms with Crippen LogP contribution in [0.25, 0.3) is 0 Å². The van der Waals surface area contributed by atoms with Crippen LogP contribution < -0.4 is 10.6 Å². The van der Waals surface area contributed by atoms with Gasteiger partial charge in [-0.25, -0.2) is 0 Å². The molecule has 0 aliphatic rings. The molecule has 0 aliphatic heterocycles. The fraction of sp³-hybridized carbons (Fsp3) is 0.667. The quantitative estimate of drug-likeness (QED) is 0.612. The van der Waals surface area contributed by atoms with E-state index < -0.39 is 6.04 Å². The highest BCUT2D eigenvalue weighted by atomic mass is 16.2. The minimum absolute atomic E-state index is 0.00223. The van der Waals surface area contributed by atoms with Gasteiger partial charge in [0.15, 0.2) is 0 Å². The van der Waals surface area contributed by atoms with Gasteiger partial charge in [0, 0.05) is 6.92 Å². The average Bonchev–Trinajstić information content (AvgIpc) is 2.09. The van der Waals surface area contributed by atoms with Crippen molar-refractivity contribution in [3.63, 3.8) is 0 Å². The minimum atomic E-state index is -0.569. The zero-order valence-corrected chi connectivity index (χ0v) is 8.63. The van der Waals surface area contributed by atoms with Gasteiger partial charge >= 0.3 is 0 Å². The topological polar surface area (TPSA) is 82.0 Å². The third kappa shape index (κ3) is 4.45. The molecule has 0 rings (SSSR count). The maximum Gasteiger partial charge on any atom is 0.243 e. The summed E-state index contributed by atoms with van der Waals surface area (Å²) in [6.07, 6.45) is 0. The Morgan fingerprint density at radius 3 is 2.36 bits per heavy atom. The minimum Gasteiger partial charge on any atom is -0.344 e. The highest BCUT2D eigenvalue weighted by Gasteiger charge is 2.22. The molecule has 2 amide bonds. The van der Waals surface area contributed by atoms with Gasteiger partial charge in [-0.05, 0) is 5.92 Å². The van der Waals surface area contributed by atoms with E-state index >= 15 is 0 Å². The van der Waals surface area contributed by atoms with Gasteiger partial charge in [0.1, 0.15) is 12.6 Å². The fourth-order valence-corrected chi connectivity index (χ4v) is 0.991. The number of amides is 2. The second kappa shape index (κ2) is 5.97. The second-order valence-electron chi connectivity index (χ2n) is 3.30. The molecule has 0 bridgehead atoms. The van der Waals surface area contributed by atoms with Gasteiger partial charge in [0.2, 0.25) is 11.8 Å². The van der Waals surface area contributed by atoms with Crippen molar-refractivity contribution in [2.75, 3.05) is 6.54 Å². The predicted octanol–water partition coefficient (Wildman–Crippen LogP) is -0.213. The lowest BCUT2D eigenvalue weighted by Crippen LogP contribution is -2.49. The molecule has 0 aromatic carbocycles. The highest BCUT2D eigenvalue weighted by molar-refractivity contribution is 5.87. The van der Waals surface area contributed by atoms with Gasteiger partial charge in [0.05, 0.1) is 6.07 Å². The SMILES string of the molecule is CC(=O)NC(C(=O)NCC#N)C(C)C. The van der Waals surface area contributed by atoms with Gasteiger partial charge in [-0.15, -0.1) is 0 Å². The number of carbonyl (C=O) groups is 2. The average molecular weight is 197 g/mol. The van der Waals surface area contributed by atoms with Crippen molar-refractivity contribution in [1.29, 1.82) is 5.26 Å². The molecule has 0 fully saturated rings. The second-order valence-corrected chi connectivity index (χ2v) is 3.30. The van der Waals surface area contributed by atoms with E-state index in [9.17, 15) is 9.59 Å². The molecule has 5 nitrogen and oxygen atoms in total. The monoisotopic (exact) mass is 197 g/mol. The molecule has 0 radical (unpaired) electrons. The number of nitriles is 1. The number of hydrogen-bond donors (Lipinski definition) is 2. The number of carbonyl (C=O) groups excluding carboxylic acids is 2. The normalized spacial score (nSPS) is 11.6. The van der Waals surface area contributed by atoms with Crippen molar-refractivity contribution < 1.29 is 9.59 Å². The van der Waals surface area contributed by atoms with Crippen molar-refractivity contribution in [2.45, 2.75) is 26.8 Å². The Hall–Kier alpha value is -1.57. The third-order valence-corrected chi connectivity index (χ3v) is 1.65. The van der Waals surface area contributed by atoms with E-state index in [1.807, 2.05) is 13.8 Å². The molecule has 0 saturated heterocycles. The summed E-state index contributed by atoms with van der Waals surface area (Å²) in [6.45, 7) is 4.97. The van der Waals surface area contributed by atoms with Crippen LogP contribution >= 0.6 is 0 Å². The molecule has 1 unspecified atom stereocenters. The summed E-state index contributed by atoms with van der Waals surface area (Å²) < 4.78 is 0. The maximum absolute atomic E-state index is 11.4. The van der Waals surface area contributed by atoms with Crippen LogP contribution in [0, 0.1) is 17.2 Å². The Balaban J connectivity index is 4.27. The van der Waals surface area contributed by atoms with E-state index in [0.717, 1.165) is 0 Å². The molecule has 0 aromatic heterocycles. The van der Waals surface area contributed by atoms with Crippen molar-refractivity contribution in [3.05, 3.63) is 0 Å². The Morgan fingerprint density at radius 1 is 1.43 bits per heavy atom. The Bertz CT molecular complexity index is 255. The molecule has 0 aromatic rings. The molecule has 1 atom stereocenters. The number of rotatable bonds is 4. The lowest BCUT2D eigenvalue weighted by Gasteiger charge is -2.19. The summed E-state index contributed by atoms with van der Waals surface area (Å²) in [5.41, 5.74) is 0. The summed E-state index contributed by atoms with van der Waals surface area (Å²) in [5.74, 6) is -0.579. The predicted molar refractivity (Wildman–Crippen MR) is 51.1 cm³/mol. The first kappa shape index (κ1) is 12.4. The molecule has 78 valence electrons. The number of nitrogens with zero attached hydrogens (tertiary/aromatic N) is 1. The maximum atomic E-state index is 11.4. The van der Waals surface area contributed by atoms with Crippen LogP contribution in [0.3, 0.4) is 0 Å². The van der Waals surface area contributed by atoms with E-state index in [4.69, 9.17) is 5.26 Å². The van der Waals surface area contributed by atoms with E-state index in [1.54, 1.807) is 6.07 Å². The fourth-order valence-electron chi connectivity index (χ4n) is 0.991. The van der Waals surface area contributed by atoms with Gasteiger partial charge < -0.3 is 10.6 Å². The van der Waals surface area contributed by atoms with E-state index in [0.29, 0.717) is 0 Å². The zero-order valence-electron chi connectivity index (χ0n) is 8.63. The molecule has 0 aliphatic carbocycles. The van der Waals surface area contributed by atoms with E-state index in [2.05, 4.69) is 10.6 Å². The lowest BCUT2D eigenvalue weighted by molar-refractivity contribution is -0.129. The zero-order chi connectivity index (χ0) is 11.1. The van der Waals surface area contributed by atoms with Crippen molar-refractivity contribution in [2.24, 2.45) is 5.92 Å². The van der Waals surface area contributed by atoms with E-state index in [1.165, 1.54) is 6.92 Å². The van der Waals surface area contributed by atoms with Crippen LogP contribution in [-0.2, 0) is 9.59 Å². The Labute approximate surface area is 83.5 Å². The van der Waals surface area contributed by atoms with Crippen LogP contribution in [0.15, 0.2) is 0 Å². The Kier molecular flexibility index (Phi) is 5.30. The first-order valence-corrected chi connectivity index (χ1v) is 4.40. The standard InChI is InChI=1S/C9H15N3O2/c1-6(2)8(12-7(3)13)9(14)11-5-4-10/h6,8H,5H2,1-3H3,(H,11,14)(H,12,13). The molecule has 0 saturated carbocycles. The summed E-state index contributed by atoms with van der Waals surface area (Å²) in [6, 6.07) is 1.23. The van der Waals surface area contributed by atoms with Gasteiger partial charge in [-0.1, -0.05) is 13.8 Å². The summed E-state index contributed by atoms with van der Waals surface area (Å²) in [4.78, 5) is 22.2. The number of nitrogens with one attached hydrogen (secondary N) is 2. The van der Waals surface area contributed by atoms with Crippen LogP contribution in [0.2, 0.25) is 0 Å². The smallest absolute Gasteiger partial charge is 0.243 e. The van der Waals surface area contributed by atoms with E-state index in [-0.39, 0.29) is 24.3 Å².